The van der Waals surface area contributed by atoms with Crippen LogP contribution in [0.3, 0.4) is 0 Å². The zero-order valence-corrected chi connectivity index (χ0v) is 10.9. The second kappa shape index (κ2) is 5.65. The number of sulfonamides is 1. The first-order chi connectivity index (χ1) is 8.32. The first-order valence-electron chi connectivity index (χ1n) is 5.06. The van der Waals surface area contributed by atoms with E-state index in [4.69, 9.17) is 10.9 Å². The number of primary sulfonamides is 1. The minimum Gasteiger partial charge on any atom is -0.398 e. The zero-order valence-electron chi connectivity index (χ0n) is 10.1. The molecule has 0 aliphatic rings. The van der Waals surface area contributed by atoms with Crippen molar-refractivity contribution in [1.82, 2.24) is 5.16 Å². The monoisotopic (exact) mass is 269 g/mol. The zero-order chi connectivity index (χ0) is 13.8. The summed E-state index contributed by atoms with van der Waals surface area (Å²) in [6.07, 6.45) is 3.10. The van der Waals surface area contributed by atoms with Crippen LogP contribution in [0.5, 0.6) is 0 Å². The van der Waals surface area contributed by atoms with Crippen molar-refractivity contribution in [3.05, 3.63) is 41.8 Å². The lowest BCUT2D eigenvalue weighted by atomic mass is 10.1. The van der Waals surface area contributed by atoms with E-state index < -0.39 is 10.0 Å². The summed E-state index contributed by atoms with van der Waals surface area (Å²) in [5, 5.41) is 8.31. The highest BCUT2D eigenvalue weighted by atomic mass is 32.2. The van der Waals surface area contributed by atoms with Gasteiger partial charge in [0.2, 0.25) is 10.0 Å². The van der Waals surface area contributed by atoms with E-state index in [1.807, 2.05) is 6.92 Å². The van der Waals surface area contributed by atoms with Crippen LogP contribution in [0.2, 0.25) is 0 Å². The van der Waals surface area contributed by atoms with E-state index in [-0.39, 0.29) is 4.90 Å². The molecule has 98 valence electrons. The van der Waals surface area contributed by atoms with Gasteiger partial charge in [-0.3, -0.25) is 0 Å². The van der Waals surface area contributed by atoms with Crippen LogP contribution in [-0.4, -0.2) is 13.6 Å². The van der Waals surface area contributed by atoms with Gasteiger partial charge in [0, 0.05) is 5.69 Å². The van der Waals surface area contributed by atoms with E-state index in [9.17, 15) is 8.42 Å². The summed E-state index contributed by atoms with van der Waals surface area (Å²) in [6, 6.07) is 4.61. The molecule has 1 aromatic heterocycles. The number of anilines is 1. The van der Waals surface area contributed by atoms with Gasteiger partial charge in [-0.2, -0.15) is 0 Å². The molecule has 0 bridgehead atoms. The molecule has 0 saturated heterocycles. The van der Waals surface area contributed by atoms with Crippen molar-refractivity contribution < 1.29 is 12.9 Å². The summed E-state index contributed by atoms with van der Waals surface area (Å²) in [5.74, 6) is 0. The maximum absolute atomic E-state index is 11.0. The number of hydrogen-bond donors (Lipinski definition) is 2. The van der Waals surface area contributed by atoms with Crippen LogP contribution in [0.15, 0.2) is 40.1 Å². The van der Waals surface area contributed by atoms with E-state index in [1.54, 1.807) is 19.2 Å². The number of nitrogen functional groups attached to an aromatic ring is 1. The molecular formula is C11H15N3O3S. The summed E-state index contributed by atoms with van der Waals surface area (Å²) in [5.41, 5.74) is 7.75. The molecule has 4 N–H and O–H groups in total. The fourth-order valence-electron chi connectivity index (χ4n) is 1.19. The van der Waals surface area contributed by atoms with Crippen molar-refractivity contribution in [2.45, 2.75) is 18.7 Å². The second-order valence-corrected chi connectivity index (χ2v) is 5.25. The number of hydrogen-bond acceptors (Lipinski definition) is 5. The Morgan fingerprint density at radius 3 is 2.28 bits per heavy atom. The van der Waals surface area contributed by atoms with Gasteiger partial charge in [0.25, 0.3) is 0 Å². The Labute approximate surface area is 106 Å². The Kier molecular flexibility index (Phi) is 4.46. The standard InChI is InChI=1S/C8H12N2O2S.C3H3NO/c1-5-3-7(13(10,11)12)4-8(9)6(5)2;1-2-4-5-3-1/h3-4H,9H2,1-2H3,(H2,10,11,12);1-3H. The van der Waals surface area contributed by atoms with Crippen molar-refractivity contribution in [2.24, 2.45) is 5.14 Å². The molecule has 6 nitrogen and oxygen atoms in total. The van der Waals surface area contributed by atoms with Gasteiger partial charge in [0.1, 0.15) is 6.26 Å². The molecule has 0 aliphatic heterocycles. The van der Waals surface area contributed by atoms with Crippen LogP contribution in [0.25, 0.3) is 0 Å². The predicted octanol–water partition coefficient (Wildman–Crippen LogP) is 1.21. The molecule has 0 saturated carbocycles. The maximum Gasteiger partial charge on any atom is 0.238 e. The topological polar surface area (TPSA) is 112 Å². The molecule has 0 aliphatic carbocycles. The number of nitrogens with zero attached hydrogens (tertiary/aromatic N) is 1. The minimum atomic E-state index is -3.64. The molecule has 18 heavy (non-hydrogen) atoms. The molecule has 7 heteroatoms. The van der Waals surface area contributed by atoms with E-state index in [0.717, 1.165) is 11.1 Å². The molecule has 0 fully saturated rings. The van der Waals surface area contributed by atoms with E-state index in [1.165, 1.54) is 18.4 Å². The average Bonchev–Trinajstić information content (AvgIpc) is 2.82. The normalized spacial score (nSPS) is 10.6. The van der Waals surface area contributed by atoms with Crippen molar-refractivity contribution in [1.29, 1.82) is 0 Å². The summed E-state index contributed by atoms with van der Waals surface area (Å²) in [6.45, 7) is 3.62. The third kappa shape index (κ3) is 3.86. The highest BCUT2D eigenvalue weighted by Crippen LogP contribution is 2.20. The van der Waals surface area contributed by atoms with Gasteiger partial charge < -0.3 is 10.3 Å². The molecule has 1 heterocycles. The van der Waals surface area contributed by atoms with Crippen molar-refractivity contribution in [3.63, 3.8) is 0 Å². The smallest absolute Gasteiger partial charge is 0.238 e. The number of nitrogens with two attached hydrogens (primary N) is 2. The molecule has 1 aromatic carbocycles. The summed E-state index contributed by atoms with van der Waals surface area (Å²) in [7, 11) is -3.64. The van der Waals surface area contributed by atoms with Gasteiger partial charge in [-0.05, 0) is 43.2 Å². The highest BCUT2D eigenvalue weighted by molar-refractivity contribution is 7.89. The quantitative estimate of drug-likeness (QED) is 0.755. The van der Waals surface area contributed by atoms with E-state index in [0.29, 0.717) is 5.69 Å². The van der Waals surface area contributed by atoms with Crippen molar-refractivity contribution in [2.75, 3.05) is 5.73 Å². The Bertz CT molecular complexity index is 566. The van der Waals surface area contributed by atoms with Crippen LogP contribution >= 0.6 is 0 Å². The highest BCUT2D eigenvalue weighted by Gasteiger charge is 2.10. The number of benzene rings is 1. The number of rotatable bonds is 1. The number of aromatic nitrogens is 1. The van der Waals surface area contributed by atoms with Gasteiger partial charge in [-0.25, -0.2) is 13.6 Å². The predicted molar refractivity (Wildman–Crippen MR) is 68.2 cm³/mol. The molecular weight excluding hydrogens is 254 g/mol. The van der Waals surface area contributed by atoms with Crippen LogP contribution in [0, 0.1) is 13.8 Å². The fraction of sp³-hybridized carbons (Fsp3) is 0.182. The Morgan fingerprint density at radius 2 is 1.94 bits per heavy atom. The van der Waals surface area contributed by atoms with Gasteiger partial charge >= 0.3 is 0 Å². The molecule has 2 aromatic rings. The van der Waals surface area contributed by atoms with Crippen LogP contribution in [0.4, 0.5) is 5.69 Å². The third-order valence-corrected chi connectivity index (χ3v) is 3.25. The third-order valence-electron chi connectivity index (χ3n) is 2.36. The molecule has 2 rings (SSSR count). The summed E-state index contributed by atoms with van der Waals surface area (Å²) < 4.78 is 26.3. The average molecular weight is 269 g/mol. The van der Waals surface area contributed by atoms with Crippen LogP contribution in [0.1, 0.15) is 11.1 Å². The van der Waals surface area contributed by atoms with Crippen LogP contribution < -0.4 is 10.9 Å². The molecule has 0 atom stereocenters. The van der Waals surface area contributed by atoms with Gasteiger partial charge in [-0.15, -0.1) is 0 Å². The van der Waals surface area contributed by atoms with Gasteiger partial charge in [0.15, 0.2) is 0 Å². The van der Waals surface area contributed by atoms with Gasteiger partial charge in [0.05, 0.1) is 11.1 Å². The van der Waals surface area contributed by atoms with Gasteiger partial charge in [-0.1, -0.05) is 5.16 Å². The van der Waals surface area contributed by atoms with E-state index >= 15 is 0 Å². The van der Waals surface area contributed by atoms with Crippen LogP contribution in [-0.2, 0) is 10.0 Å². The lowest BCUT2D eigenvalue weighted by Gasteiger charge is -2.06. The largest absolute Gasteiger partial charge is 0.398 e. The van der Waals surface area contributed by atoms with Crippen molar-refractivity contribution in [3.8, 4) is 0 Å². The fourth-order valence-corrected chi connectivity index (χ4v) is 1.82. The second-order valence-electron chi connectivity index (χ2n) is 3.69. The lowest BCUT2D eigenvalue weighted by molar-refractivity contribution is 0.420. The Balaban J connectivity index is 0.000000269. The number of aryl methyl sites for hydroxylation is 1. The molecule has 0 spiro atoms. The Morgan fingerprint density at radius 1 is 1.28 bits per heavy atom. The summed E-state index contributed by atoms with van der Waals surface area (Å²) >= 11 is 0. The minimum absolute atomic E-state index is 0.0631. The first kappa shape index (κ1) is 14.2. The first-order valence-corrected chi connectivity index (χ1v) is 6.61. The summed E-state index contributed by atoms with van der Waals surface area (Å²) in [4.78, 5) is 0.0631. The SMILES string of the molecule is Cc1cc(S(N)(=O)=O)cc(N)c1C.c1cnoc1. The maximum atomic E-state index is 11.0. The lowest BCUT2D eigenvalue weighted by Crippen LogP contribution is -2.13. The molecule has 0 unspecified atom stereocenters. The molecule has 0 radical (unpaired) electrons. The molecule has 0 amide bonds. The van der Waals surface area contributed by atoms with Crippen molar-refractivity contribution >= 4 is 15.7 Å². The van der Waals surface area contributed by atoms with E-state index in [2.05, 4.69) is 9.68 Å². The Hall–Kier alpha value is -1.86.